The van der Waals surface area contributed by atoms with Crippen molar-refractivity contribution < 1.29 is 22.7 Å². The van der Waals surface area contributed by atoms with Crippen LogP contribution in [-0.4, -0.2) is 14.2 Å². The second-order valence-electron chi connectivity index (χ2n) is 6.39. The van der Waals surface area contributed by atoms with Gasteiger partial charge in [0.1, 0.15) is 24.0 Å². The first-order chi connectivity index (χ1) is 13.8. The number of rotatable bonds is 6. The zero-order valence-corrected chi connectivity index (χ0v) is 14.9. The predicted octanol–water partition coefficient (Wildman–Crippen LogP) is 3.42. The van der Waals surface area contributed by atoms with E-state index in [4.69, 9.17) is 0 Å². The van der Waals surface area contributed by atoms with E-state index in [-0.39, 0.29) is 11.1 Å². The molecule has 5 nitrogen and oxygen atoms in total. The summed E-state index contributed by atoms with van der Waals surface area (Å²) in [4.78, 5) is 24.6. The molecule has 2 atom stereocenters. The number of aromatic hydroxyl groups is 1. The van der Waals surface area contributed by atoms with Crippen LogP contribution >= 0.6 is 0 Å². The van der Waals surface area contributed by atoms with Crippen LogP contribution in [0.2, 0.25) is 0 Å². The van der Waals surface area contributed by atoms with Crippen molar-refractivity contribution in [3.8, 4) is 5.88 Å². The maximum absolute atomic E-state index is 14.5. The Balaban J connectivity index is 1.92. The minimum absolute atomic E-state index is 0.0721. The number of aromatic nitrogens is 2. The third-order valence-corrected chi connectivity index (χ3v) is 4.36. The maximum atomic E-state index is 14.5. The Morgan fingerprint density at radius 1 is 0.793 bits per heavy atom. The lowest BCUT2D eigenvalue weighted by atomic mass is 10.1. The number of hydrogen-bond donors (Lipinski definition) is 1. The minimum Gasteiger partial charge on any atom is -0.494 e. The van der Waals surface area contributed by atoms with Gasteiger partial charge in [-0.1, -0.05) is 24.3 Å². The lowest BCUT2D eigenvalue weighted by Crippen LogP contribution is -2.40. The van der Waals surface area contributed by atoms with Gasteiger partial charge in [0.2, 0.25) is 5.88 Å². The van der Waals surface area contributed by atoms with Crippen molar-refractivity contribution in [1.82, 2.24) is 9.13 Å². The van der Waals surface area contributed by atoms with Crippen molar-refractivity contribution >= 4 is 0 Å². The normalized spacial score (nSPS) is 13.2. The highest BCUT2D eigenvalue weighted by Crippen LogP contribution is 2.22. The first kappa shape index (κ1) is 20.4. The maximum Gasteiger partial charge on any atom is 0.333 e. The number of hydrogen-bond acceptors (Lipinski definition) is 3. The third kappa shape index (κ3) is 4.56. The molecule has 2 aromatic carbocycles. The first-order valence-electron chi connectivity index (χ1n) is 8.59. The van der Waals surface area contributed by atoms with E-state index in [1.807, 2.05) is 0 Å². The van der Waals surface area contributed by atoms with Gasteiger partial charge < -0.3 is 5.11 Å². The molecule has 1 N–H and O–H groups in total. The Bertz CT molecular complexity index is 1140. The van der Waals surface area contributed by atoms with E-state index >= 15 is 0 Å². The summed E-state index contributed by atoms with van der Waals surface area (Å²) in [5, 5.41) is 9.90. The largest absolute Gasteiger partial charge is 0.494 e. The Labute approximate surface area is 162 Å². The number of halogens is 4. The fourth-order valence-corrected chi connectivity index (χ4v) is 2.88. The summed E-state index contributed by atoms with van der Waals surface area (Å²) >= 11 is 0. The van der Waals surface area contributed by atoms with Gasteiger partial charge in [-0.2, -0.15) is 0 Å². The summed E-state index contributed by atoms with van der Waals surface area (Å²) in [5.74, 6) is -2.17. The molecule has 0 aliphatic carbocycles. The van der Waals surface area contributed by atoms with E-state index in [9.17, 15) is 32.3 Å². The van der Waals surface area contributed by atoms with Crippen molar-refractivity contribution in [3.63, 3.8) is 0 Å². The van der Waals surface area contributed by atoms with Crippen LogP contribution in [0, 0.1) is 11.6 Å². The zero-order valence-electron chi connectivity index (χ0n) is 14.9. The fourth-order valence-electron chi connectivity index (χ4n) is 2.88. The van der Waals surface area contributed by atoms with Gasteiger partial charge in [0, 0.05) is 0 Å². The Hall–Kier alpha value is -3.36. The second kappa shape index (κ2) is 8.34. The molecule has 0 aliphatic rings. The molecule has 2 unspecified atom stereocenters. The Morgan fingerprint density at radius 2 is 1.28 bits per heavy atom. The SMILES string of the molecule is O=c1cc(O)n(CC(F)c2cccc(F)c2)c(=O)n1CC(F)c1cccc(F)c1. The summed E-state index contributed by atoms with van der Waals surface area (Å²) in [6, 6.07) is 9.90. The van der Waals surface area contributed by atoms with Crippen LogP contribution < -0.4 is 11.2 Å². The van der Waals surface area contributed by atoms with E-state index in [0.29, 0.717) is 15.2 Å². The van der Waals surface area contributed by atoms with Gasteiger partial charge in [0.25, 0.3) is 5.56 Å². The molecule has 1 aromatic heterocycles. The molecule has 0 amide bonds. The average molecular weight is 408 g/mol. The van der Waals surface area contributed by atoms with Gasteiger partial charge in [-0.3, -0.25) is 13.9 Å². The summed E-state index contributed by atoms with van der Waals surface area (Å²) < 4.78 is 56.6. The van der Waals surface area contributed by atoms with Crippen molar-refractivity contribution in [2.75, 3.05) is 0 Å². The van der Waals surface area contributed by atoms with E-state index in [0.717, 1.165) is 24.3 Å². The van der Waals surface area contributed by atoms with Crippen LogP contribution in [-0.2, 0) is 13.1 Å². The molecule has 3 aromatic rings. The molecule has 0 bridgehead atoms. The molecule has 1 heterocycles. The highest BCUT2D eigenvalue weighted by Gasteiger charge is 2.20. The van der Waals surface area contributed by atoms with Crippen molar-refractivity contribution in [3.05, 3.63) is 98.2 Å². The molecule has 0 saturated heterocycles. The summed E-state index contributed by atoms with van der Waals surface area (Å²) in [5.41, 5.74) is -2.30. The molecule has 0 spiro atoms. The van der Waals surface area contributed by atoms with Crippen LogP contribution in [0.15, 0.2) is 64.2 Å². The second-order valence-corrected chi connectivity index (χ2v) is 6.39. The quantitative estimate of drug-likeness (QED) is 0.636. The van der Waals surface area contributed by atoms with Crippen molar-refractivity contribution in [2.24, 2.45) is 0 Å². The third-order valence-electron chi connectivity index (χ3n) is 4.36. The molecule has 0 fully saturated rings. The van der Waals surface area contributed by atoms with E-state index in [1.54, 1.807) is 0 Å². The highest BCUT2D eigenvalue weighted by molar-refractivity contribution is 5.20. The van der Waals surface area contributed by atoms with E-state index < -0.39 is 54.2 Å². The standard InChI is InChI=1S/C20H16F4N2O3/c21-14-5-1-3-12(7-14)16(23)10-25-18(27)9-19(28)26(20(25)29)11-17(24)13-4-2-6-15(22)8-13/h1-9,16-17,27H,10-11H2. The highest BCUT2D eigenvalue weighted by atomic mass is 19.1. The number of alkyl halides is 2. The molecular formula is C20H16F4N2O3. The minimum atomic E-state index is -1.89. The molecule has 9 heteroatoms. The topological polar surface area (TPSA) is 64.2 Å². The zero-order chi connectivity index (χ0) is 21.1. The Kier molecular flexibility index (Phi) is 5.86. The van der Waals surface area contributed by atoms with Gasteiger partial charge in [-0.05, 0) is 35.4 Å². The van der Waals surface area contributed by atoms with Crippen LogP contribution in [0.25, 0.3) is 0 Å². The van der Waals surface area contributed by atoms with Gasteiger partial charge >= 0.3 is 5.69 Å². The van der Waals surface area contributed by atoms with Crippen molar-refractivity contribution in [1.29, 1.82) is 0 Å². The molecule has 3 rings (SSSR count). The molecule has 0 saturated carbocycles. The summed E-state index contributed by atoms with van der Waals surface area (Å²) in [7, 11) is 0. The van der Waals surface area contributed by atoms with Crippen molar-refractivity contribution in [2.45, 2.75) is 25.4 Å². The molecule has 152 valence electrons. The van der Waals surface area contributed by atoms with Crippen LogP contribution in [0.1, 0.15) is 23.5 Å². The van der Waals surface area contributed by atoms with Gasteiger partial charge in [-0.15, -0.1) is 0 Å². The molecule has 0 radical (unpaired) electrons. The fraction of sp³-hybridized carbons (Fsp3) is 0.200. The Morgan fingerprint density at radius 3 is 1.76 bits per heavy atom. The number of nitrogens with zero attached hydrogens (tertiary/aromatic N) is 2. The van der Waals surface area contributed by atoms with Crippen LogP contribution in [0.4, 0.5) is 17.6 Å². The van der Waals surface area contributed by atoms with Crippen LogP contribution in [0.5, 0.6) is 5.88 Å². The summed E-state index contributed by atoms with van der Waals surface area (Å²) in [6.07, 6.45) is -3.76. The first-order valence-corrected chi connectivity index (χ1v) is 8.59. The smallest absolute Gasteiger partial charge is 0.333 e. The van der Waals surface area contributed by atoms with Crippen LogP contribution in [0.3, 0.4) is 0 Å². The predicted molar refractivity (Wildman–Crippen MR) is 97.1 cm³/mol. The van der Waals surface area contributed by atoms with Gasteiger partial charge in [0.15, 0.2) is 0 Å². The number of benzene rings is 2. The van der Waals surface area contributed by atoms with Gasteiger partial charge in [-0.25, -0.2) is 22.4 Å². The van der Waals surface area contributed by atoms with E-state index in [2.05, 4.69) is 0 Å². The lowest BCUT2D eigenvalue weighted by Gasteiger charge is -2.16. The molecule has 0 aliphatic heterocycles. The summed E-state index contributed by atoms with van der Waals surface area (Å²) in [6.45, 7) is -1.47. The monoisotopic (exact) mass is 408 g/mol. The average Bonchev–Trinajstić information content (AvgIpc) is 2.68. The molecule has 29 heavy (non-hydrogen) atoms. The van der Waals surface area contributed by atoms with E-state index in [1.165, 1.54) is 24.3 Å². The lowest BCUT2D eigenvalue weighted by molar-refractivity contribution is 0.261. The van der Waals surface area contributed by atoms with Gasteiger partial charge in [0.05, 0.1) is 19.2 Å². The molecular weight excluding hydrogens is 392 g/mol.